The minimum atomic E-state index is -0.502. The second-order valence-corrected chi connectivity index (χ2v) is 7.35. The molecule has 1 fully saturated rings. The molecular formula is C16H24N3O2+. The third-order valence-electron chi connectivity index (χ3n) is 4.57. The molecule has 1 aromatic heterocycles. The van der Waals surface area contributed by atoms with E-state index >= 15 is 0 Å². The molecule has 3 heterocycles. The molecule has 0 spiro atoms. The molecular weight excluding hydrogens is 266 g/mol. The molecule has 5 heteroatoms. The highest BCUT2D eigenvalue weighted by atomic mass is 16.2. The molecule has 2 aliphatic rings. The fourth-order valence-corrected chi connectivity index (χ4v) is 3.32. The maximum Gasteiger partial charge on any atom is 0.274 e. The van der Waals surface area contributed by atoms with E-state index in [2.05, 4.69) is 10.6 Å². The summed E-state index contributed by atoms with van der Waals surface area (Å²) in [5.74, 6) is 0.921. The van der Waals surface area contributed by atoms with Crippen molar-refractivity contribution in [2.45, 2.75) is 39.7 Å². The number of carbonyl (C=O) groups is 1. The standard InChI is InChI=1S/C16H23N3O2/c1-16(2,3)15(21)18-12-4-5-13-11-6-10(7-17-8-11)9-19(13)14(12)20/h4-5,10-11,17H,6-9H2,1-3H3,(H,18,21)/p+1/t10-,11+/m0/s1. The first-order chi connectivity index (χ1) is 9.86. The smallest absolute Gasteiger partial charge is 0.274 e. The zero-order valence-corrected chi connectivity index (χ0v) is 13.0. The van der Waals surface area contributed by atoms with E-state index < -0.39 is 5.41 Å². The number of anilines is 1. The summed E-state index contributed by atoms with van der Waals surface area (Å²) in [5, 5.41) is 5.14. The maximum atomic E-state index is 12.6. The first-order valence-electron chi connectivity index (χ1n) is 7.73. The number of nitrogens with zero attached hydrogens (tertiary/aromatic N) is 1. The topological polar surface area (TPSA) is 67.7 Å². The summed E-state index contributed by atoms with van der Waals surface area (Å²) in [6.07, 6.45) is 1.18. The molecule has 0 saturated carbocycles. The number of nitrogens with one attached hydrogen (secondary N) is 1. The van der Waals surface area contributed by atoms with E-state index in [-0.39, 0.29) is 11.5 Å². The fourth-order valence-electron chi connectivity index (χ4n) is 3.32. The molecule has 114 valence electrons. The van der Waals surface area contributed by atoms with Crippen LogP contribution < -0.4 is 16.2 Å². The molecule has 1 aromatic rings. The molecule has 1 saturated heterocycles. The first-order valence-corrected chi connectivity index (χ1v) is 7.73. The van der Waals surface area contributed by atoms with Crippen molar-refractivity contribution >= 4 is 11.6 Å². The van der Waals surface area contributed by atoms with E-state index in [1.807, 2.05) is 31.4 Å². The molecule has 3 rings (SSSR count). The fraction of sp³-hybridized carbons (Fsp3) is 0.625. The Kier molecular flexibility index (Phi) is 3.40. The monoisotopic (exact) mass is 290 g/mol. The third-order valence-corrected chi connectivity index (χ3v) is 4.57. The Bertz CT molecular complexity index is 627. The number of pyridine rings is 1. The van der Waals surface area contributed by atoms with Crippen LogP contribution in [-0.4, -0.2) is 23.6 Å². The molecule has 0 unspecified atom stereocenters. The lowest BCUT2D eigenvalue weighted by molar-refractivity contribution is -0.673. The van der Waals surface area contributed by atoms with E-state index in [1.165, 1.54) is 6.42 Å². The maximum absolute atomic E-state index is 12.6. The quantitative estimate of drug-likeness (QED) is 0.791. The van der Waals surface area contributed by atoms with E-state index in [9.17, 15) is 9.59 Å². The molecule has 5 nitrogen and oxygen atoms in total. The van der Waals surface area contributed by atoms with Gasteiger partial charge in [0.1, 0.15) is 5.69 Å². The van der Waals surface area contributed by atoms with E-state index in [0.29, 0.717) is 17.5 Å². The predicted octanol–water partition coefficient (Wildman–Crippen LogP) is 0.513. The van der Waals surface area contributed by atoms with Crippen molar-refractivity contribution in [2.75, 3.05) is 18.4 Å². The van der Waals surface area contributed by atoms with Crippen LogP contribution in [0.15, 0.2) is 16.9 Å². The Morgan fingerprint density at radius 1 is 1.33 bits per heavy atom. The summed E-state index contributed by atoms with van der Waals surface area (Å²) < 4.78 is 1.88. The van der Waals surface area contributed by atoms with Gasteiger partial charge in [-0.25, -0.2) is 0 Å². The Morgan fingerprint density at radius 3 is 2.81 bits per heavy atom. The van der Waals surface area contributed by atoms with Crippen LogP contribution >= 0.6 is 0 Å². The number of aromatic nitrogens is 1. The van der Waals surface area contributed by atoms with Crippen molar-refractivity contribution in [1.29, 1.82) is 0 Å². The summed E-state index contributed by atoms with van der Waals surface area (Å²) in [5.41, 5.74) is 0.976. The van der Waals surface area contributed by atoms with Crippen LogP contribution in [0.3, 0.4) is 0 Å². The lowest BCUT2D eigenvalue weighted by Crippen LogP contribution is -2.89. The average Bonchev–Trinajstić information content (AvgIpc) is 2.42. The Morgan fingerprint density at radius 2 is 2.10 bits per heavy atom. The number of piperidine rings is 1. The Balaban J connectivity index is 1.94. The van der Waals surface area contributed by atoms with Crippen LogP contribution in [0.1, 0.15) is 38.8 Å². The number of hydrogen-bond donors (Lipinski definition) is 2. The molecule has 0 aromatic carbocycles. The van der Waals surface area contributed by atoms with Crippen LogP contribution in [0.25, 0.3) is 0 Å². The van der Waals surface area contributed by atoms with Crippen LogP contribution in [0.2, 0.25) is 0 Å². The van der Waals surface area contributed by atoms with Gasteiger partial charge < -0.3 is 15.2 Å². The van der Waals surface area contributed by atoms with Gasteiger partial charge in [0, 0.05) is 29.5 Å². The van der Waals surface area contributed by atoms with Gasteiger partial charge in [-0.3, -0.25) is 9.59 Å². The van der Waals surface area contributed by atoms with E-state index in [4.69, 9.17) is 0 Å². The van der Waals surface area contributed by atoms with Crippen molar-refractivity contribution in [1.82, 2.24) is 4.57 Å². The van der Waals surface area contributed by atoms with Crippen molar-refractivity contribution in [3.63, 3.8) is 0 Å². The number of rotatable bonds is 1. The Hall–Kier alpha value is -1.62. The molecule has 1 amide bonds. The van der Waals surface area contributed by atoms with Crippen molar-refractivity contribution in [3.8, 4) is 0 Å². The van der Waals surface area contributed by atoms with Gasteiger partial charge in [0.05, 0.1) is 13.1 Å². The Labute approximate surface area is 124 Å². The van der Waals surface area contributed by atoms with Crippen molar-refractivity contribution in [3.05, 3.63) is 28.2 Å². The summed E-state index contributed by atoms with van der Waals surface area (Å²) >= 11 is 0. The van der Waals surface area contributed by atoms with Crippen LogP contribution in [0.4, 0.5) is 5.69 Å². The molecule has 21 heavy (non-hydrogen) atoms. The zero-order valence-electron chi connectivity index (χ0n) is 13.0. The number of hydrogen-bond acceptors (Lipinski definition) is 2. The molecule has 0 radical (unpaired) electrons. The lowest BCUT2D eigenvalue weighted by atomic mass is 9.84. The highest BCUT2D eigenvalue weighted by Crippen LogP contribution is 2.30. The number of fused-ring (bicyclic) bond motifs is 4. The summed E-state index contributed by atoms with van der Waals surface area (Å²) in [7, 11) is 0. The van der Waals surface area contributed by atoms with Gasteiger partial charge in [-0.2, -0.15) is 0 Å². The lowest BCUT2D eigenvalue weighted by Gasteiger charge is -2.35. The normalized spacial score (nSPS) is 24.3. The number of carbonyl (C=O) groups excluding carboxylic acids is 1. The molecule has 0 aliphatic carbocycles. The zero-order chi connectivity index (χ0) is 15.2. The number of quaternary nitrogens is 1. The van der Waals surface area contributed by atoms with Gasteiger partial charge >= 0.3 is 0 Å². The molecule has 2 atom stereocenters. The van der Waals surface area contributed by atoms with Crippen molar-refractivity contribution < 1.29 is 10.1 Å². The van der Waals surface area contributed by atoms with E-state index in [1.54, 1.807) is 6.07 Å². The summed E-state index contributed by atoms with van der Waals surface area (Å²) in [4.78, 5) is 24.7. The second kappa shape index (κ2) is 4.98. The van der Waals surface area contributed by atoms with Crippen LogP contribution in [0.5, 0.6) is 0 Å². The van der Waals surface area contributed by atoms with Crippen LogP contribution in [0, 0.1) is 11.3 Å². The van der Waals surface area contributed by atoms with Gasteiger partial charge in [-0.1, -0.05) is 20.8 Å². The summed E-state index contributed by atoms with van der Waals surface area (Å²) in [6, 6.07) is 3.78. The highest BCUT2D eigenvalue weighted by Gasteiger charge is 2.34. The molecule has 2 aliphatic heterocycles. The van der Waals surface area contributed by atoms with Crippen molar-refractivity contribution in [2.24, 2.45) is 11.3 Å². The summed E-state index contributed by atoms with van der Waals surface area (Å²) in [6.45, 7) is 8.47. The minimum absolute atomic E-state index is 0.0540. The first kappa shape index (κ1) is 14.3. The molecule has 2 bridgehead atoms. The predicted molar refractivity (Wildman–Crippen MR) is 81.3 cm³/mol. The highest BCUT2D eigenvalue weighted by molar-refractivity contribution is 5.94. The van der Waals surface area contributed by atoms with Crippen LogP contribution in [-0.2, 0) is 11.3 Å². The van der Waals surface area contributed by atoms with Gasteiger partial charge in [-0.05, 0) is 18.6 Å². The number of amides is 1. The molecule has 3 N–H and O–H groups in total. The average molecular weight is 290 g/mol. The van der Waals surface area contributed by atoms with Gasteiger partial charge in [0.15, 0.2) is 0 Å². The third kappa shape index (κ3) is 2.62. The minimum Gasteiger partial charge on any atom is -0.345 e. The van der Waals surface area contributed by atoms with E-state index in [0.717, 1.165) is 25.3 Å². The van der Waals surface area contributed by atoms with Gasteiger partial charge in [0.25, 0.3) is 5.56 Å². The van der Waals surface area contributed by atoms with Gasteiger partial charge in [-0.15, -0.1) is 0 Å². The largest absolute Gasteiger partial charge is 0.345 e. The SMILES string of the molecule is CC(C)(C)C(=O)Nc1ccc2n(c1=O)C[C@@H]1C[NH2+]C[C@H]2C1. The second-order valence-electron chi connectivity index (χ2n) is 7.35. The van der Waals surface area contributed by atoms with Gasteiger partial charge in [0.2, 0.25) is 5.91 Å². The number of nitrogens with two attached hydrogens (primary N) is 1.